The van der Waals surface area contributed by atoms with Crippen LogP contribution in [0.3, 0.4) is 0 Å². The van der Waals surface area contributed by atoms with Crippen molar-refractivity contribution < 1.29 is 4.79 Å². The van der Waals surface area contributed by atoms with E-state index in [1.165, 1.54) is 22.5 Å². The van der Waals surface area contributed by atoms with Gasteiger partial charge in [-0.15, -0.1) is 11.3 Å². The second-order valence-corrected chi connectivity index (χ2v) is 8.31. The van der Waals surface area contributed by atoms with Crippen molar-refractivity contribution in [3.05, 3.63) is 82.4 Å². The summed E-state index contributed by atoms with van der Waals surface area (Å²) in [6.45, 7) is 1.99. The number of aryl methyl sites for hydroxylation is 2. The number of aromatic nitrogens is 2. The molecule has 28 heavy (non-hydrogen) atoms. The van der Waals surface area contributed by atoms with Gasteiger partial charge in [0.05, 0.1) is 22.3 Å². The predicted molar refractivity (Wildman–Crippen MR) is 113 cm³/mol. The third-order valence-electron chi connectivity index (χ3n) is 5.44. The van der Waals surface area contributed by atoms with Gasteiger partial charge in [0, 0.05) is 5.39 Å². The van der Waals surface area contributed by atoms with E-state index in [0.29, 0.717) is 0 Å². The van der Waals surface area contributed by atoms with E-state index in [1.807, 2.05) is 48.0 Å². The van der Waals surface area contributed by atoms with Crippen molar-refractivity contribution in [2.24, 2.45) is 0 Å². The molecular weight excluding hydrogens is 366 g/mol. The van der Waals surface area contributed by atoms with Crippen molar-refractivity contribution in [1.82, 2.24) is 15.1 Å². The highest BCUT2D eigenvalue weighted by Gasteiger charge is 2.23. The van der Waals surface area contributed by atoms with Crippen LogP contribution in [0.2, 0.25) is 0 Å². The van der Waals surface area contributed by atoms with Gasteiger partial charge in [-0.25, -0.2) is 4.68 Å². The molecule has 0 radical (unpaired) electrons. The zero-order chi connectivity index (χ0) is 19.1. The number of benzene rings is 2. The number of hydrogen-bond acceptors (Lipinski definition) is 3. The molecule has 5 rings (SSSR count). The van der Waals surface area contributed by atoms with E-state index in [4.69, 9.17) is 0 Å². The summed E-state index contributed by atoms with van der Waals surface area (Å²) in [4.78, 5) is 14.8. The highest BCUT2D eigenvalue weighted by atomic mass is 32.1. The number of amides is 1. The van der Waals surface area contributed by atoms with Crippen LogP contribution in [0.1, 0.15) is 45.4 Å². The molecule has 5 heteroatoms. The smallest absolute Gasteiger partial charge is 0.261 e. The molecule has 1 aliphatic carbocycles. The molecule has 4 nitrogen and oxygen atoms in total. The number of hydrogen-bond donors (Lipinski definition) is 1. The molecule has 0 aliphatic heterocycles. The number of nitrogens with zero attached hydrogens (tertiary/aromatic N) is 2. The van der Waals surface area contributed by atoms with E-state index in [-0.39, 0.29) is 11.9 Å². The van der Waals surface area contributed by atoms with Crippen molar-refractivity contribution in [3.8, 4) is 5.69 Å². The molecule has 0 spiro atoms. The van der Waals surface area contributed by atoms with Crippen LogP contribution in [-0.4, -0.2) is 15.7 Å². The summed E-state index contributed by atoms with van der Waals surface area (Å²) in [6.07, 6.45) is 3.19. The minimum Gasteiger partial charge on any atom is -0.345 e. The van der Waals surface area contributed by atoms with Gasteiger partial charge in [-0.3, -0.25) is 4.79 Å². The van der Waals surface area contributed by atoms with Gasteiger partial charge in [0.25, 0.3) is 5.91 Å². The molecule has 1 aliphatic rings. The van der Waals surface area contributed by atoms with Gasteiger partial charge in [0.1, 0.15) is 4.83 Å². The summed E-state index contributed by atoms with van der Waals surface area (Å²) in [5.41, 5.74) is 4.56. The average Bonchev–Trinajstić information content (AvgIpc) is 3.30. The van der Waals surface area contributed by atoms with E-state index in [9.17, 15) is 4.79 Å². The Labute approximate surface area is 167 Å². The molecule has 1 N–H and O–H groups in total. The molecule has 4 aromatic rings. The van der Waals surface area contributed by atoms with Crippen LogP contribution in [0.25, 0.3) is 15.9 Å². The number of para-hydroxylation sites is 1. The van der Waals surface area contributed by atoms with Gasteiger partial charge in [0.15, 0.2) is 0 Å². The molecule has 0 saturated heterocycles. The van der Waals surface area contributed by atoms with E-state index in [2.05, 4.69) is 34.7 Å². The number of carbonyl (C=O) groups is 1. The van der Waals surface area contributed by atoms with Crippen LogP contribution >= 0.6 is 11.3 Å². The molecule has 1 atom stereocenters. The topological polar surface area (TPSA) is 46.9 Å². The second-order valence-electron chi connectivity index (χ2n) is 7.28. The Morgan fingerprint density at radius 3 is 2.79 bits per heavy atom. The van der Waals surface area contributed by atoms with Crippen LogP contribution in [0.15, 0.2) is 60.7 Å². The zero-order valence-electron chi connectivity index (χ0n) is 15.7. The van der Waals surface area contributed by atoms with Gasteiger partial charge in [0.2, 0.25) is 0 Å². The first kappa shape index (κ1) is 17.2. The maximum Gasteiger partial charge on any atom is 0.261 e. The number of thiophene rings is 1. The molecule has 2 aromatic carbocycles. The van der Waals surface area contributed by atoms with Gasteiger partial charge in [-0.1, -0.05) is 42.5 Å². The fourth-order valence-electron chi connectivity index (χ4n) is 4.04. The van der Waals surface area contributed by atoms with Gasteiger partial charge in [-0.2, -0.15) is 5.10 Å². The van der Waals surface area contributed by atoms with E-state index in [1.54, 1.807) is 0 Å². The van der Waals surface area contributed by atoms with Crippen LogP contribution in [-0.2, 0) is 6.42 Å². The zero-order valence-corrected chi connectivity index (χ0v) is 16.5. The quantitative estimate of drug-likeness (QED) is 0.525. The van der Waals surface area contributed by atoms with Crippen LogP contribution in [0.4, 0.5) is 0 Å². The third kappa shape index (κ3) is 2.92. The van der Waals surface area contributed by atoms with Crippen LogP contribution < -0.4 is 5.32 Å². The maximum atomic E-state index is 13.0. The summed E-state index contributed by atoms with van der Waals surface area (Å²) < 4.78 is 1.93. The summed E-state index contributed by atoms with van der Waals surface area (Å²) in [6, 6.07) is 20.6. The lowest BCUT2D eigenvalue weighted by Gasteiger charge is -2.26. The lowest BCUT2D eigenvalue weighted by atomic mass is 9.88. The molecule has 1 amide bonds. The van der Waals surface area contributed by atoms with Crippen molar-refractivity contribution in [3.63, 3.8) is 0 Å². The second kappa shape index (κ2) is 6.91. The van der Waals surface area contributed by atoms with E-state index in [0.717, 1.165) is 45.7 Å². The summed E-state index contributed by atoms with van der Waals surface area (Å²) in [5, 5.41) is 8.97. The van der Waals surface area contributed by atoms with E-state index >= 15 is 0 Å². The number of rotatable bonds is 3. The van der Waals surface area contributed by atoms with Gasteiger partial charge < -0.3 is 5.32 Å². The van der Waals surface area contributed by atoms with Gasteiger partial charge in [-0.05, 0) is 55.5 Å². The monoisotopic (exact) mass is 387 g/mol. The lowest BCUT2D eigenvalue weighted by Crippen LogP contribution is -2.30. The summed E-state index contributed by atoms with van der Waals surface area (Å²) >= 11 is 1.51. The van der Waals surface area contributed by atoms with E-state index < -0.39 is 0 Å². The summed E-state index contributed by atoms with van der Waals surface area (Å²) in [7, 11) is 0. The Morgan fingerprint density at radius 1 is 1.14 bits per heavy atom. The fraction of sp³-hybridized carbons (Fsp3) is 0.217. The minimum absolute atomic E-state index is 0.00177. The molecule has 0 fully saturated rings. The standard InChI is InChI=1S/C23H21N3OS/c1-15-19-14-21(28-23(19)26(25-15)17-10-3-2-4-11-17)22(27)24-20-13-7-9-16-8-5-6-12-18(16)20/h2-6,8,10-12,14,20H,7,9,13H2,1H3,(H,24,27). The Kier molecular flexibility index (Phi) is 4.24. The number of carbonyl (C=O) groups excluding carboxylic acids is 1. The molecule has 2 aromatic heterocycles. The molecule has 140 valence electrons. The normalized spacial score (nSPS) is 16.1. The first-order valence-corrected chi connectivity index (χ1v) is 10.5. The van der Waals surface area contributed by atoms with Crippen molar-refractivity contribution in [2.75, 3.05) is 0 Å². The Balaban J connectivity index is 1.47. The Bertz CT molecular complexity index is 1160. The first-order valence-electron chi connectivity index (χ1n) is 9.64. The number of fused-ring (bicyclic) bond motifs is 2. The van der Waals surface area contributed by atoms with Crippen molar-refractivity contribution in [1.29, 1.82) is 0 Å². The molecule has 0 bridgehead atoms. The number of nitrogens with one attached hydrogen (secondary N) is 1. The highest BCUT2D eigenvalue weighted by Crippen LogP contribution is 2.33. The lowest BCUT2D eigenvalue weighted by molar-refractivity contribution is 0.0937. The Morgan fingerprint density at radius 2 is 1.93 bits per heavy atom. The fourth-order valence-corrected chi connectivity index (χ4v) is 5.12. The van der Waals surface area contributed by atoms with Crippen molar-refractivity contribution >= 4 is 27.5 Å². The van der Waals surface area contributed by atoms with Gasteiger partial charge >= 0.3 is 0 Å². The highest BCUT2D eigenvalue weighted by molar-refractivity contribution is 7.20. The molecular formula is C23H21N3OS. The third-order valence-corrected chi connectivity index (χ3v) is 6.55. The molecule has 1 unspecified atom stereocenters. The summed E-state index contributed by atoms with van der Waals surface area (Å²) in [5.74, 6) is 0.00177. The van der Waals surface area contributed by atoms with Crippen LogP contribution in [0, 0.1) is 6.92 Å². The largest absolute Gasteiger partial charge is 0.345 e. The van der Waals surface area contributed by atoms with Crippen molar-refractivity contribution in [2.45, 2.75) is 32.2 Å². The SMILES string of the molecule is Cc1nn(-c2ccccc2)c2sc(C(=O)NC3CCCc4ccccc43)cc12. The first-order chi connectivity index (χ1) is 13.7. The molecule has 2 heterocycles. The Hall–Kier alpha value is -2.92. The predicted octanol–water partition coefficient (Wildman–Crippen LogP) is 5.20. The molecule has 0 saturated carbocycles. The average molecular weight is 388 g/mol. The van der Waals surface area contributed by atoms with Crippen LogP contribution in [0.5, 0.6) is 0 Å². The minimum atomic E-state index is 0.00177. The maximum absolute atomic E-state index is 13.0.